The summed E-state index contributed by atoms with van der Waals surface area (Å²) in [6, 6.07) is 0. The number of hydrogen-bond acceptors (Lipinski definition) is 5. The number of anilines is 1. The zero-order valence-corrected chi connectivity index (χ0v) is 12.5. The number of likely N-dealkylation sites (N-methyl/N-ethyl adjacent to an activating group) is 1. The summed E-state index contributed by atoms with van der Waals surface area (Å²) in [4.78, 5) is 18.2. The molecule has 1 aromatic heterocycles. The van der Waals surface area contributed by atoms with Crippen molar-refractivity contribution in [3.8, 4) is 0 Å². The minimum Gasteiger partial charge on any atom is -0.476 e. The average molecular weight is 283 g/mol. The third-order valence-electron chi connectivity index (χ3n) is 4.05. The van der Waals surface area contributed by atoms with Crippen molar-refractivity contribution in [2.75, 3.05) is 26.0 Å². The molecule has 5 nitrogen and oxygen atoms in total. The minimum absolute atomic E-state index is 0.165. The van der Waals surface area contributed by atoms with Gasteiger partial charge < -0.3 is 15.3 Å². The second-order valence-corrected chi connectivity index (χ2v) is 6.61. The number of aryl methyl sites for hydroxylation is 1. The summed E-state index contributed by atoms with van der Waals surface area (Å²) in [6.07, 6.45) is 4.89. The maximum Gasteiger partial charge on any atom is 0.355 e. The van der Waals surface area contributed by atoms with E-state index in [1.807, 2.05) is 0 Å². The van der Waals surface area contributed by atoms with Crippen LogP contribution in [0.15, 0.2) is 0 Å². The van der Waals surface area contributed by atoms with Crippen LogP contribution in [0.2, 0.25) is 0 Å². The van der Waals surface area contributed by atoms with E-state index >= 15 is 0 Å². The van der Waals surface area contributed by atoms with Crippen LogP contribution < -0.4 is 5.32 Å². The van der Waals surface area contributed by atoms with Crippen molar-refractivity contribution in [2.45, 2.75) is 38.1 Å². The van der Waals surface area contributed by atoms with E-state index in [0.29, 0.717) is 5.13 Å². The van der Waals surface area contributed by atoms with Crippen LogP contribution in [0.4, 0.5) is 5.13 Å². The molecule has 0 unspecified atom stereocenters. The van der Waals surface area contributed by atoms with Crippen LogP contribution in [-0.2, 0) is 0 Å². The van der Waals surface area contributed by atoms with E-state index in [4.69, 9.17) is 5.11 Å². The molecule has 1 heterocycles. The van der Waals surface area contributed by atoms with Gasteiger partial charge in [0.2, 0.25) is 0 Å². The van der Waals surface area contributed by atoms with E-state index < -0.39 is 5.97 Å². The Labute approximate surface area is 117 Å². The first kappa shape index (κ1) is 14.3. The summed E-state index contributed by atoms with van der Waals surface area (Å²) in [6.45, 7) is 2.62. The van der Waals surface area contributed by atoms with Gasteiger partial charge in [-0.25, -0.2) is 9.78 Å². The first-order valence-corrected chi connectivity index (χ1v) is 7.38. The van der Waals surface area contributed by atoms with Crippen molar-refractivity contribution in [1.82, 2.24) is 9.88 Å². The maximum absolute atomic E-state index is 11.0. The van der Waals surface area contributed by atoms with Gasteiger partial charge in [-0.3, -0.25) is 0 Å². The Morgan fingerprint density at radius 2 is 2.11 bits per heavy atom. The molecule has 0 spiro atoms. The van der Waals surface area contributed by atoms with Crippen LogP contribution in [0.3, 0.4) is 0 Å². The van der Waals surface area contributed by atoms with E-state index in [-0.39, 0.29) is 11.2 Å². The summed E-state index contributed by atoms with van der Waals surface area (Å²) < 4.78 is 0. The normalized spacial score (nSPS) is 17.9. The van der Waals surface area contributed by atoms with E-state index in [1.54, 1.807) is 6.92 Å². The highest BCUT2D eigenvalue weighted by Crippen LogP contribution is 2.34. The van der Waals surface area contributed by atoms with Gasteiger partial charge in [0, 0.05) is 17.0 Å². The highest BCUT2D eigenvalue weighted by atomic mass is 32.1. The second-order valence-electron chi connectivity index (χ2n) is 5.41. The van der Waals surface area contributed by atoms with Gasteiger partial charge in [0.25, 0.3) is 0 Å². The lowest BCUT2D eigenvalue weighted by atomic mass is 9.96. The molecule has 0 aromatic carbocycles. The molecule has 2 N–H and O–H groups in total. The van der Waals surface area contributed by atoms with Gasteiger partial charge in [-0.05, 0) is 33.9 Å². The Balaban J connectivity index is 2.05. The lowest BCUT2D eigenvalue weighted by Crippen LogP contribution is -2.47. The number of carboxylic acids is 1. The summed E-state index contributed by atoms with van der Waals surface area (Å²) in [7, 11) is 4.23. The van der Waals surface area contributed by atoms with Crippen molar-refractivity contribution in [3.05, 3.63) is 10.6 Å². The number of aromatic carboxylic acids is 1. The first-order valence-electron chi connectivity index (χ1n) is 6.57. The predicted octanol–water partition coefficient (Wildman–Crippen LogP) is 2.44. The number of carboxylic acid groups (broad SMARTS) is 1. The van der Waals surface area contributed by atoms with Gasteiger partial charge in [0.05, 0.1) is 0 Å². The smallest absolute Gasteiger partial charge is 0.355 e. The van der Waals surface area contributed by atoms with E-state index in [9.17, 15) is 4.79 Å². The molecule has 1 fully saturated rings. The first-order chi connectivity index (χ1) is 8.94. The second kappa shape index (κ2) is 5.46. The molecule has 0 amide bonds. The molecule has 19 heavy (non-hydrogen) atoms. The van der Waals surface area contributed by atoms with Crippen LogP contribution in [-0.4, -0.2) is 47.1 Å². The predicted molar refractivity (Wildman–Crippen MR) is 77.2 cm³/mol. The number of carbonyl (C=O) groups is 1. The molecular weight excluding hydrogens is 262 g/mol. The number of thiazole rings is 1. The van der Waals surface area contributed by atoms with Crippen molar-refractivity contribution in [2.24, 2.45) is 0 Å². The maximum atomic E-state index is 11.0. The molecule has 2 rings (SSSR count). The number of nitrogens with one attached hydrogen (secondary N) is 1. The van der Waals surface area contributed by atoms with Crippen LogP contribution in [0.1, 0.15) is 41.0 Å². The largest absolute Gasteiger partial charge is 0.476 e. The minimum atomic E-state index is -0.954. The topological polar surface area (TPSA) is 65.5 Å². The molecule has 0 saturated heterocycles. The molecule has 0 aliphatic heterocycles. The van der Waals surface area contributed by atoms with Gasteiger partial charge in [-0.15, -0.1) is 11.3 Å². The Kier molecular flexibility index (Phi) is 4.10. The van der Waals surface area contributed by atoms with E-state index in [1.165, 1.54) is 37.0 Å². The Hall–Kier alpha value is -1.14. The van der Waals surface area contributed by atoms with Gasteiger partial charge >= 0.3 is 5.97 Å². The Bertz CT molecular complexity index is 464. The van der Waals surface area contributed by atoms with E-state index in [2.05, 4.69) is 29.3 Å². The number of rotatable bonds is 5. The van der Waals surface area contributed by atoms with Gasteiger partial charge in [-0.1, -0.05) is 12.8 Å². The van der Waals surface area contributed by atoms with Crippen molar-refractivity contribution in [1.29, 1.82) is 0 Å². The summed E-state index contributed by atoms with van der Waals surface area (Å²) >= 11 is 1.41. The molecule has 1 saturated carbocycles. The molecule has 1 aromatic rings. The third kappa shape index (κ3) is 2.90. The molecule has 1 aliphatic carbocycles. The van der Waals surface area contributed by atoms with Gasteiger partial charge in [0.15, 0.2) is 10.8 Å². The lowest BCUT2D eigenvalue weighted by molar-refractivity contribution is 0.0690. The zero-order valence-electron chi connectivity index (χ0n) is 11.7. The van der Waals surface area contributed by atoms with Gasteiger partial charge in [0.1, 0.15) is 0 Å². The van der Waals surface area contributed by atoms with Gasteiger partial charge in [-0.2, -0.15) is 0 Å². The van der Waals surface area contributed by atoms with Crippen LogP contribution >= 0.6 is 11.3 Å². The number of nitrogens with zero attached hydrogens (tertiary/aromatic N) is 2. The Morgan fingerprint density at radius 1 is 1.47 bits per heavy atom. The molecule has 6 heteroatoms. The SMILES string of the molecule is Cc1sc(NCC2(N(C)C)CCCC2)nc1C(=O)O. The fraction of sp³-hybridized carbons (Fsp3) is 0.692. The highest BCUT2D eigenvalue weighted by molar-refractivity contribution is 7.15. The number of aromatic nitrogens is 1. The highest BCUT2D eigenvalue weighted by Gasteiger charge is 2.35. The van der Waals surface area contributed by atoms with Crippen LogP contribution in [0.5, 0.6) is 0 Å². The fourth-order valence-corrected chi connectivity index (χ4v) is 3.53. The lowest BCUT2D eigenvalue weighted by Gasteiger charge is -2.36. The summed E-state index contributed by atoms with van der Waals surface area (Å²) in [5.41, 5.74) is 0.348. The monoisotopic (exact) mass is 283 g/mol. The van der Waals surface area contributed by atoms with Crippen molar-refractivity contribution < 1.29 is 9.90 Å². The molecule has 0 bridgehead atoms. The van der Waals surface area contributed by atoms with Crippen LogP contribution in [0, 0.1) is 6.92 Å². The average Bonchev–Trinajstić information content (AvgIpc) is 2.93. The molecule has 1 aliphatic rings. The summed E-state index contributed by atoms with van der Waals surface area (Å²) in [5, 5.41) is 13.0. The zero-order chi connectivity index (χ0) is 14.0. The molecular formula is C13H21N3O2S. The third-order valence-corrected chi connectivity index (χ3v) is 4.98. The Morgan fingerprint density at radius 3 is 2.58 bits per heavy atom. The quantitative estimate of drug-likeness (QED) is 0.869. The molecule has 106 valence electrons. The van der Waals surface area contributed by atoms with Crippen LogP contribution in [0.25, 0.3) is 0 Å². The fourth-order valence-electron chi connectivity index (χ4n) is 2.73. The standard InChI is InChI=1S/C13H21N3O2S/c1-9-10(11(17)18)15-12(19-9)14-8-13(16(2)3)6-4-5-7-13/h4-8H2,1-3H3,(H,14,15)(H,17,18). The van der Waals surface area contributed by atoms with Crippen molar-refractivity contribution in [3.63, 3.8) is 0 Å². The van der Waals surface area contributed by atoms with Crippen molar-refractivity contribution >= 4 is 22.4 Å². The molecule has 0 atom stereocenters. The number of hydrogen-bond donors (Lipinski definition) is 2. The summed E-state index contributed by atoms with van der Waals surface area (Å²) in [5.74, 6) is -0.954. The molecule has 0 radical (unpaired) electrons. The van der Waals surface area contributed by atoms with E-state index in [0.717, 1.165) is 11.4 Å².